The first-order chi connectivity index (χ1) is 8.63. The first-order valence-electron chi connectivity index (χ1n) is 5.94. The number of hydrogen-bond acceptors (Lipinski definition) is 3. The lowest BCUT2D eigenvalue weighted by molar-refractivity contribution is -0.137. The molecule has 0 saturated heterocycles. The van der Waals surface area contributed by atoms with Crippen LogP contribution >= 0.6 is 0 Å². The first kappa shape index (κ1) is 12.6. The van der Waals surface area contributed by atoms with Crippen molar-refractivity contribution in [2.24, 2.45) is 5.73 Å². The van der Waals surface area contributed by atoms with Gasteiger partial charge in [-0.3, -0.25) is 9.59 Å². The molecule has 1 atom stereocenters. The van der Waals surface area contributed by atoms with Crippen molar-refractivity contribution in [2.75, 3.05) is 18.0 Å². The minimum atomic E-state index is -0.845. The molecular formula is C13H16N2O3. The molecule has 2 rings (SSSR count). The van der Waals surface area contributed by atoms with Gasteiger partial charge in [0.1, 0.15) is 0 Å². The average Bonchev–Trinajstić information content (AvgIpc) is 2.68. The van der Waals surface area contributed by atoms with Gasteiger partial charge in [0.2, 0.25) is 5.91 Å². The van der Waals surface area contributed by atoms with Crippen LogP contribution in [0, 0.1) is 0 Å². The lowest BCUT2D eigenvalue weighted by atomic mass is 9.98. The number of nitrogens with zero attached hydrogens (tertiary/aromatic N) is 1. The summed E-state index contributed by atoms with van der Waals surface area (Å²) in [5.41, 5.74) is 7.15. The number of anilines is 1. The fraction of sp³-hybridized carbons (Fsp3) is 0.385. The van der Waals surface area contributed by atoms with Crippen LogP contribution in [0.25, 0.3) is 0 Å². The summed E-state index contributed by atoms with van der Waals surface area (Å²) < 4.78 is 0. The summed E-state index contributed by atoms with van der Waals surface area (Å²) in [7, 11) is 0. The summed E-state index contributed by atoms with van der Waals surface area (Å²) >= 11 is 0. The summed E-state index contributed by atoms with van der Waals surface area (Å²) in [5.74, 6) is -1.01. The van der Waals surface area contributed by atoms with Crippen molar-refractivity contribution in [1.29, 1.82) is 0 Å². The number of carboxylic acids is 1. The molecule has 1 aromatic rings. The third-order valence-corrected chi connectivity index (χ3v) is 3.15. The molecule has 0 aromatic heterocycles. The highest BCUT2D eigenvalue weighted by molar-refractivity contribution is 5.96. The predicted molar refractivity (Wildman–Crippen MR) is 67.5 cm³/mol. The molecule has 96 valence electrons. The van der Waals surface area contributed by atoms with Crippen LogP contribution in [-0.2, 0) is 9.59 Å². The Labute approximate surface area is 105 Å². The lowest BCUT2D eigenvalue weighted by Gasteiger charge is -2.17. The van der Waals surface area contributed by atoms with Gasteiger partial charge in [-0.1, -0.05) is 18.2 Å². The van der Waals surface area contributed by atoms with Crippen LogP contribution in [0.1, 0.15) is 24.3 Å². The zero-order chi connectivity index (χ0) is 13.1. The van der Waals surface area contributed by atoms with Crippen molar-refractivity contribution in [3.8, 4) is 0 Å². The standard InChI is InChI=1S/C13H16N2O3/c14-6-5-12(16)15-8-9(7-13(17)18)10-3-1-2-4-11(10)15/h1-4,9H,5-8,14H2,(H,17,18). The van der Waals surface area contributed by atoms with Gasteiger partial charge in [-0.25, -0.2) is 0 Å². The van der Waals surface area contributed by atoms with Gasteiger partial charge in [0, 0.05) is 31.1 Å². The van der Waals surface area contributed by atoms with Crippen molar-refractivity contribution in [3.63, 3.8) is 0 Å². The third-order valence-electron chi connectivity index (χ3n) is 3.15. The summed E-state index contributed by atoms with van der Waals surface area (Å²) in [6.07, 6.45) is 0.331. The van der Waals surface area contributed by atoms with E-state index in [2.05, 4.69) is 0 Å². The van der Waals surface area contributed by atoms with Gasteiger partial charge < -0.3 is 15.7 Å². The Morgan fingerprint density at radius 1 is 1.39 bits per heavy atom. The number of aliphatic carboxylic acids is 1. The van der Waals surface area contributed by atoms with Crippen LogP contribution < -0.4 is 10.6 Å². The lowest BCUT2D eigenvalue weighted by Crippen LogP contribution is -2.31. The maximum atomic E-state index is 11.9. The first-order valence-corrected chi connectivity index (χ1v) is 5.94. The highest BCUT2D eigenvalue weighted by Gasteiger charge is 2.32. The Morgan fingerprint density at radius 3 is 2.78 bits per heavy atom. The van der Waals surface area contributed by atoms with Crippen LogP contribution in [-0.4, -0.2) is 30.1 Å². The molecule has 0 radical (unpaired) electrons. The van der Waals surface area contributed by atoms with E-state index in [1.165, 1.54) is 0 Å². The minimum Gasteiger partial charge on any atom is -0.481 e. The molecular weight excluding hydrogens is 232 g/mol. The van der Waals surface area contributed by atoms with Crippen molar-refractivity contribution in [3.05, 3.63) is 29.8 Å². The topological polar surface area (TPSA) is 83.6 Å². The van der Waals surface area contributed by atoms with Gasteiger partial charge in [0.25, 0.3) is 0 Å². The van der Waals surface area contributed by atoms with Crippen LogP contribution in [0.4, 0.5) is 5.69 Å². The predicted octanol–water partition coefficient (Wildman–Crippen LogP) is 0.940. The van der Waals surface area contributed by atoms with Gasteiger partial charge in [-0.05, 0) is 11.6 Å². The van der Waals surface area contributed by atoms with Gasteiger partial charge >= 0.3 is 5.97 Å². The molecule has 1 unspecified atom stereocenters. The number of amides is 1. The minimum absolute atomic E-state index is 0.0437. The molecule has 1 amide bonds. The second-order valence-electron chi connectivity index (χ2n) is 4.40. The molecule has 1 heterocycles. The van der Waals surface area contributed by atoms with E-state index in [1.54, 1.807) is 4.90 Å². The summed E-state index contributed by atoms with van der Waals surface area (Å²) in [4.78, 5) is 24.4. The number of para-hydroxylation sites is 1. The number of carboxylic acid groups (broad SMARTS) is 1. The maximum absolute atomic E-state index is 11.9. The van der Waals surface area contributed by atoms with E-state index < -0.39 is 5.97 Å². The Kier molecular flexibility index (Phi) is 3.62. The Balaban J connectivity index is 2.27. The van der Waals surface area contributed by atoms with Crippen LogP contribution in [0.15, 0.2) is 24.3 Å². The van der Waals surface area contributed by atoms with E-state index in [0.717, 1.165) is 11.3 Å². The van der Waals surface area contributed by atoms with Crippen LogP contribution in [0.2, 0.25) is 0 Å². The fourth-order valence-corrected chi connectivity index (χ4v) is 2.38. The highest BCUT2D eigenvalue weighted by Crippen LogP contribution is 2.38. The second kappa shape index (κ2) is 5.18. The zero-order valence-electron chi connectivity index (χ0n) is 10.0. The molecule has 0 bridgehead atoms. The molecule has 18 heavy (non-hydrogen) atoms. The summed E-state index contributed by atoms with van der Waals surface area (Å²) in [6.45, 7) is 0.742. The molecule has 1 aromatic carbocycles. The van der Waals surface area contributed by atoms with E-state index in [0.29, 0.717) is 13.1 Å². The maximum Gasteiger partial charge on any atom is 0.304 e. The van der Waals surface area contributed by atoms with Gasteiger partial charge in [-0.2, -0.15) is 0 Å². The van der Waals surface area contributed by atoms with E-state index in [4.69, 9.17) is 10.8 Å². The van der Waals surface area contributed by atoms with Crippen molar-refractivity contribution in [2.45, 2.75) is 18.8 Å². The smallest absolute Gasteiger partial charge is 0.304 e. The molecule has 5 nitrogen and oxygen atoms in total. The quantitative estimate of drug-likeness (QED) is 0.830. The molecule has 0 aliphatic carbocycles. The van der Waals surface area contributed by atoms with Crippen molar-refractivity contribution < 1.29 is 14.7 Å². The van der Waals surface area contributed by atoms with E-state index in [-0.39, 0.29) is 24.7 Å². The molecule has 0 saturated carbocycles. The normalized spacial score (nSPS) is 17.6. The molecule has 0 spiro atoms. The SMILES string of the molecule is NCCC(=O)N1CC(CC(=O)O)c2ccccc21. The summed E-state index contributed by atoms with van der Waals surface area (Å²) in [5, 5.41) is 8.90. The Bertz CT molecular complexity index is 473. The Morgan fingerprint density at radius 2 is 2.11 bits per heavy atom. The average molecular weight is 248 g/mol. The number of carbonyl (C=O) groups is 2. The monoisotopic (exact) mass is 248 g/mol. The molecule has 1 aliphatic rings. The van der Waals surface area contributed by atoms with Crippen LogP contribution in [0.3, 0.4) is 0 Å². The summed E-state index contributed by atoms with van der Waals surface area (Å²) in [6, 6.07) is 7.46. The van der Waals surface area contributed by atoms with Crippen molar-refractivity contribution >= 4 is 17.6 Å². The number of carbonyl (C=O) groups excluding carboxylic acids is 1. The van der Waals surface area contributed by atoms with Gasteiger partial charge in [-0.15, -0.1) is 0 Å². The number of nitrogens with two attached hydrogens (primary N) is 1. The number of rotatable bonds is 4. The highest BCUT2D eigenvalue weighted by atomic mass is 16.4. The van der Waals surface area contributed by atoms with Gasteiger partial charge in [0.15, 0.2) is 0 Å². The van der Waals surface area contributed by atoms with Gasteiger partial charge in [0.05, 0.1) is 6.42 Å². The van der Waals surface area contributed by atoms with Crippen LogP contribution in [0.5, 0.6) is 0 Å². The zero-order valence-corrected chi connectivity index (χ0v) is 10.0. The van der Waals surface area contributed by atoms with Crippen molar-refractivity contribution in [1.82, 2.24) is 0 Å². The largest absolute Gasteiger partial charge is 0.481 e. The molecule has 5 heteroatoms. The molecule has 3 N–H and O–H groups in total. The second-order valence-corrected chi connectivity index (χ2v) is 4.40. The number of benzene rings is 1. The number of fused-ring (bicyclic) bond motifs is 1. The molecule has 0 fully saturated rings. The fourth-order valence-electron chi connectivity index (χ4n) is 2.38. The number of hydrogen-bond donors (Lipinski definition) is 2. The van der Waals surface area contributed by atoms with E-state index in [1.807, 2.05) is 24.3 Å². The third kappa shape index (κ3) is 2.36. The molecule has 1 aliphatic heterocycles. The Hall–Kier alpha value is -1.88. The van der Waals surface area contributed by atoms with E-state index >= 15 is 0 Å². The van der Waals surface area contributed by atoms with E-state index in [9.17, 15) is 9.59 Å².